The highest BCUT2D eigenvalue weighted by molar-refractivity contribution is 5.62. The van der Waals surface area contributed by atoms with Crippen molar-refractivity contribution in [1.82, 2.24) is 4.90 Å². The van der Waals surface area contributed by atoms with Gasteiger partial charge in [-0.3, -0.25) is 4.90 Å². The molecule has 0 amide bonds. The molecule has 34 heavy (non-hydrogen) atoms. The van der Waals surface area contributed by atoms with Crippen LogP contribution in [-0.2, 0) is 9.47 Å². The Morgan fingerprint density at radius 2 is 1.59 bits per heavy atom. The van der Waals surface area contributed by atoms with E-state index >= 15 is 0 Å². The van der Waals surface area contributed by atoms with Crippen LogP contribution < -0.4 is 18.9 Å². The molecule has 0 radical (unpaired) electrons. The molecule has 1 heterocycles. The molecule has 2 aromatic rings. The van der Waals surface area contributed by atoms with Crippen LogP contribution >= 0.6 is 0 Å². The van der Waals surface area contributed by atoms with Gasteiger partial charge in [-0.1, -0.05) is 12.1 Å². The van der Waals surface area contributed by atoms with Gasteiger partial charge in [0.1, 0.15) is 5.75 Å². The fraction of sp³-hybridized carbons (Fsp3) is 0.538. The Kier molecular flexibility index (Phi) is 9.02. The molecule has 0 bridgehead atoms. The van der Waals surface area contributed by atoms with Crippen molar-refractivity contribution in [3.63, 3.8) is 0 Å². The molecule has 2 aromatic carbocycles. The average molecular weight is 476 g/mol. The number of benzene rings is 2. The Morgan fingerprint density at radius 1 is 0.912 bits per heavy atom. The van der Waals surface area contributed by atoms with Crippen molar-refractivity contribution < 1.29 is 33.5 Å². The summed E-state index contributed by atoms with van der Waals surface area (Å²) in [7, 11) is 6.38. The molecule has 1 aliphatic rings. The predicted molar refractivity (Wildman–Crippen MR) is 129 cm³/mol. The summed E-state index contributed by atoms with van der Waals surface area (Å²) in [5, 5.41) is 11.8. The number of nitrogens with zero attached hydrogens (tertiary/aromatic N) is 1. The van der Waals surface area contributed by atoms with Crippen LogP contribution in [0.4, 0.5) is 0 Å². The van der Waals surface area contributed by atoms with Gasteiger partial charge >= 0.3 is 0 Å². The number of rotatable bonds is 11. The fourth-order valence-electron chi connectivity index (χ4n) is 4.80. The topological polar surface area (TPSA) is 78.9 Å². The lowest BCUT2D eigenvalue weighted by atomic mass is 9.82. The first-order valence-corrected chi connectivity index (χ1v) is 11.6. The van der Waals surface area contributed by atoms with Crippen LogP contribution in [-0.4, -0.2) is 64.5 Å². The minimum absolute atomic E-state index is 0.159. The maximum absolute atomic E-state index is 11.8. The second-order valence-electron chi connectivity index (χ2n) is 8.03. The van der Waals surface area contributed by atoms with Crippen molar-refractivity contribution in [3.8, 4) is 23.0 Å². The number of fused-ring (bicyclic) bond motifs is 1. The van der Waals surface area contributed by atoms with Crippen molar-refractivity contribution >= 4 is 0 Å². The zero-order valence-electron chi connectivity index (χ0n) is 21.2. The van der Waals surface area contributed by atoms with Crippen molar-refractivity contribution in [3.05, 3.63) is 47.0 Å². The molecular formula is C26H37NO7. The van der Waals surface area contributed by atoms with E-state index in [1.165, 1.54) is 0 Å². The first-order valence-electron chi connectivity index (χ1n) is 11.6. The first-order chi connectivity index (χ1) is 16.4. The highest BCUT2D eigenvalue weighted by atomic mass is 16.7. The zero-order chi connectivity index (χ0) is 24.8. The van der Waals surface area contributed by atoms with Gasteiger partial charge in [-0.2, -0.15) is 0 Å². The molecule has 1 N–H and O–H groups in total. The quantitative estimate of drug-likeness (QED) is 0.483. The van der Waals surface area contributed by atoms with Crippen LogP contribution in [0.3, 0.4) is 0 Å². The van der Waals surface area contributed by atoms with E-state index in [1.807, 2.05) is 44.2 Å². The van der Waals surface area contributed by atoms with Gasteiger partial charge in [-0.05, 0) is 50.1 Å². The lowest BCUT2D eigenvalue weighted by molar-refractivity contribution is -0.161. The number of ether oxygens (including phenoxy) is 6. The maximum Gasteiger partial charge on any atom is 0.203 e. The summed E-state index contributed by atoms with van der Waals surface area (Å²) in [6.07, 6.45) is -1.33. The van der Waals surface area contributed by atoms with Crippen LogP contribution in [0.2, 0.25) is 0 Å². The maximum atomic E-state index is 11.8. The molecule has 3 atom stereocenters. The van der Waals surface area contributed by atoms with E-state index in [1.54, 1.807) is 28.4 Å². The van der Waals surface area contributed by atoms with Crippen LogP contribution in [0.1, 0.15) is 55.6 Å². The number of aliphatic hydroxyl groups is 1. The van der Waals surface area contributed by atoms with E-state index in [0.717, 1.165) is 22.4 Å². The van der Waals surface area contributed by atoms with Gasteiger partial charge in [-0.25, -0.2) is 0 Å². The number of hydrogen-bond donors (Lipinski definition) is 1. The molecule has 1 aliphatic heterocycles. The minimum atomic E-state index is -0.879. The standard InChI is InChI=1S/C26H37NO7/c1-8-33-21(34-9-2)15-27-16(3)22-19(14-20(30-5)25(31-6)26(22)32-7)24(28)23(27)17-11-10-12-18(13-17)29-4/h10-14,16,21,23-24,28H,8-9,15H2,1-7H3/t16-,23+,24-/m1/s1. The van der Waals surface area contributed by atoms with Crippen LogP contribution in [0.5, 0.6) is 23.0 Å². The number of aliphatic hydroxyl groups excluding tert-OH is 1. The number of methoxy groups -OCH3 is 4. The molecule has 0 spiro atoms. The van der Waals surface area contributed by atoms with Gasteiger partial charge in [0.25, 0.3) is 0 Å². The summed E-state index contributed by atoms with van der Waals surface area (Å²) in [6.45, 7) is 7.44. The van der Waals surface area contributed by atoms with E-state index in [-0.39, 0.29) is 12.1 Å². The normalized spacial score (nSPS) is 20.2. The Bertz CT molecular complexity index is 945. The minimum Gasteiger partial charge on any atom is -0.497 e. The van der Waals surface area contributed by atoms with Gasteiger partial charge < -0.3 is 33.5 Å². The second kappa shape index (κ2) is 11.8. The lowest BCUT2D eigenvalue weighted by Gasteiger charge is -2.46. The average Bonchev–Trinajstić information content (AvgIpc) is 2.86. The van der Waals surface area contributed by atoms with Gasteiger partial charge in [0.05, 0.1) is 47.1 Å². The van der Waals surface area contributed by atoms with Gasteiger partial charge in [0, 0.05) is 24.8 Å². The smallest absolute Gasteiger partial charge is 0.203 e. The van der Waals surface area contributed by atoms with Crippen LogP contribution in [0.25, 0.3) is 0 Å². The van der Waals surface area contributed by atoms with Crippen molar-refractivity contribution in [2.75, 3.05) is 48.2 Å². The number of hydrogen-bond acceptors (Lipinski definition) is 8. The van der Waals surface area contributed by atoms with E-state index in [2.05, 4.69) is 11.8 Å². The van der Waals surface area contributed by atoms with E-state index < -0.39 is 12.4 Å². The molecule has 188 valence electrons. The Balaban J connectivity index is 2.21. The van der Waals surface area contributed by atoms with Crippen LogP contribution in [0.15, 0.2) is 30.3 Å². The SMILES string of the molecule is CCOC(CN1[C@H](C)c2c(cc(OC)c(OC)c2OC)[C@@H](O)[C@@H]1c1cccc(OC)c1)OCC. The molecular weight excluding hydrogens is 438 g/mol. The largest absolute Gasteiger partial charge is 0.497 e. The molecule has 8 nitrogen and oxygen atoms in total. The summed E-state index contributed by atoms with van der Waals surface area (Å²) in [5.74, 6) is 2.26. The second-order valence-corrected chi connectivity index (χ2v) is 8.03. The Morgan fingerprint density at radius 3 is 2.15 bits per heavy atom. The third-order valence-electron chi connectivity index (χ3n) is 6.29. The molecule has 0 saturated heterocycles. The monoisotopic (exact) mass is 475 g/mol. The highest BCUT2D eigenvalue weighted by Crippen LogP contribution is 2.54. The third kappa shape index (κ3) is 4.95. The van der Waals surface area contributed by atoms with Crippen molar-refractivity contribution in [1.29, 1.82) is 0 Å². The van der Waals surface area contributed by atoms with Gasteiger partial charge in [0.15, 0.2) is 17.8 Å². The van der Waals surface area contributed by atoms with Crippen molar-refractivity contribution in [2.24, 2.45) is 0 Å². The summed E-state index contributed by atoms with van der Waals surface area (Å²) in [4.78, 5) is 2.19. The van der Waals surface area contributed by atoms with E-state index in [9.17, 15) is 5.11 Å². The van der Waals surface area contributed by atoms with E-state index in [4.69, 9.17) is 28.4 Å². The molecule has 0 fully saturated rings. The summed E-state index contributed by atoms with van der Waals surface area (Å²) in [6, 6.07) is 9.06. The Labute approximate surface area is 202 Å². The molecule has 0 aliphatic carbocycles. The Hall–Kier alpha value is -2.52. The molecule has 8 heteroatoms. The summed E-state index contributed by atoms with van der Waals surface area (Å²) in [5.41, 5.74) is 2.50. The molecule has 3 rings (SSSR count). The molecule has 0 unspecified atom stereocenters. The van der Waals surface area contributed by atoms with Crippen LogP contribution in [0, 0.1) is 0 Å². The zero-order valence-corrected chi connectivity index (χ0v) is 21.2. The molecule has 0 saturated carbocycles. The summed E-state index contributed by atoms with van der Waals surface area (Å²) < 4.78 is 34.2. The summed E-state index contributed by atoms with van der Waals surface area (Å²) >= 11 is 0. The van der Waals surface area contributed by atoms with Crippen molar-refractivity contribution in [2.45, 2.75) is 45.2 Å². The highest BCUT2D eigenvalue weighted by Gasteiger charge is 2.43. The van der Waals surface area contributed by atoms with Gasteiger partial charge in [0.2, 0.25) is 5.75 Å². The predicted octanol–water partition coefficient (Wildman–Crippen LogP) is 4.27. The fourth-order valence-corrected chi connectivity index (χ4v) is 4.80. The molecule has 0 aromatic heterocycles. The van der Waals surface area contributed by atoms with Gasteiger partial charge in [-0.15, -0.1) is 0 Å². The first kappa shape index (κ1) is 26.1. The third-order valence-corrected chi connectivity index (χ3v) is 6.29. The van der Waals surface area contributed by atoms with E-state index in [0.29, 0.717) is 37.0 Å². The lowest BCUT2D eigenvalue weighted by Crippen LogP contribution is -2.45.